The summed E-state index contributed by atoms with van der Waals surface area (Å²) in [6.07, 6.45) is 1.19. The number of nitrogens with one attached hydrogen (secondary N) is 1. The van der Waals surface area contributed by atoms with Gasteiger partial charge in [-0.25, -0.2) is 0 Å². The summed E-state index contributed by atoms with van der Waals surface area (Å²) in [4.78, 5) is 2.57. The molecule has 16 heavy (non-hydrogen) atoms. The third kappa shape index (κ3) is 5.28. The molecule has 0 aliphatic heterocycles. The van der Waals surface area contributed by atoms with Crippen molar-refractivity contribution < 1.29 is 4.74 Å². The highest BCUT2D eigenvalue weighted by atomic mass is 16.5. The van der Waals surface area contributed by atoms with Crippen molar-refractivity contribution in [1.82, 2.24) is 10.2 Å². The minimum absolute atomic E-state index is 0.593. The predicted molar refractivity (Wildman–Crippen MR) is 70.9 cm³/mol. The molecule has 3 heteroatoms. The topological polar surface area (TPSA) is 24.5 Å². The fourth-order valence-corrected chi connectivity index (χ4v) is 2.09. The molecule has 2 unspecified atom stereocenters. The van der Waals surface area contributed by atoms with Crippen molar-refractivity contribution in [2.75, 3.05) is 33.9 Å². The van der Waals surface area contributed by atoms with Crippen LogP contribution in [-0.4, -0.2) is 50.8 Å². The lowest BCUT2D eigenvalue weighted by atomic mass is 10.00. The standard InChI is InChI=1S/C13H30N2O/c1-7-12(4)15(8-9-16-6)13(10-14-5)11(2)3/h11-14H,7-10H2,1-6H3. The Kier molecular flexibility index (Phi) is 8.90. The molecule has 0 saturated carbocycles. The van der Waals surface area contributed by atoms with E-state index in [0.717, 1.165) is 19.7 Å². The molecule has 1 N–H and O–H groups in total. The third-order valence-electron chi connectivity index (χ3n) is 3.32. The maximum Gasteiger partial charge on any atom is 0.0589 e. The van der Waals surface area contributed by atoms with Gasteiger partial charge in [-0.15, -0.1) is 0 Å². The van der Waals surface area contributed by atoms with E-state index in [2.05, 4.69) is 37.9 Å². The monoisotopic (exact) mass is 230 g/mol. The first-order valence-electron chi connectivity index (χ1n) is 6.47. The molecule has 0 saturated heterocycles. The van der Waals surface area contributed by atoms with Crippen LogP contribution in [0.1, 0.15) is 34.1 Å². The number of hydrogen-bond donors (Lipinski definition) is 1. The molecule has 0 aromatic carbocycles. The van der Waals surface area contributed by atoms with Crippen LogP contribution in [0.2, 0.25) is 0 Å². The Labute approximate surface area is 102 Å². The van der Waals surface area contributed by atoms with E-state index >= 15 is 0 Å². The first-order chi connectivity index (χ1) is 7.58. The first-order valence-corrected chi connectivity index (χ1v) is 6.47. The first kappa shape index (κ1) is 15.9. The second-order valence-electron chi connectivity index (χ2n) is 4.86. The zero-order chi connectivity index (χ0) is 12.6. The highest BCUT2D eigenvalue weighted by Gasteiger charge is 2.24. The van der Waals surface area contributed by atoms with Gasteiger partial charge in [0.15, 0.2) is 0 Å². The van der Waals surface area contributed by atoms with Crippen LogP contribution in [0, 0.1) is 5.92 Å². The molecule has 0 radical (unpaired) electrons. The van der Waals surface area contributed by atoms with Crippen LogP contribution in [0.3, 0.4) is 0 Å². The number of nitrogens with zero attached hydrogens (tertiary/aromatic N) is 1. The van der Waals surface area contributed by atoms with E-state index in [0.29, 0.717) is 18.0 Å². The molecule has 2 atom stereocenters. The zero-order valence-corrected chi connectivity index (χ0v) is 11.9. The number of ether oxygens (including phenoxy) is 1. The predicted octanol–water partition coefficient (Wildman–Crippen LogP) is 1.98. The number of hydrogen-bond acceptors (Lipinski definition) is 3. The van der Waals surface area contributed by atoms with Gasteiger partial charge >= 0.3 is 0 Å². The van der Waals surface area contributed by atoms with Gasteiger partial charge in [0.2, 0.25) is 0 Å². The van der Waals surface area contributed by atoms with Crippen molar-refractivity contribution >= 4 is 0 Å². The number of methoxy groups -OCH3 is 1. The molecule has 0 bridgehead atoms. The van der Waals surface area contributed by atoms with Gasteiger partial charge in [-0.2, -0.15) is 0 Å². The summed E-state index contributed by atoms with van der Waals surface area (Å²) in [7, 11) is 3.80. The Morgan fingerprint density at radius 2 is 1.88 bits per heavy atom. The Morgan fingerprint density at radius 3 is 2.25 bits per heavy atom. The Bertz CT molecular complexity index is 162. The van der Waals surface area contributed by atoms with Crippen LogP contribution in [0.5, 0.6) is 0 Å². The van der Waals surface area contributed by atoms with Gasteiger partial charge < -0.3 is 10.1 Å². The molecule has 0 rings (SSSR count). The lowest BCUT2D eigenvalue weighted by Crippen LogP contribution is -2.50. The second-order valence-corrected chi connectivity index (χ2v) is 4.86. The van der Waals surface area contributed by atoms with Gasteiger partial charge in [-0.3, -0.25) is 4.90 Å². The van der Waals surface area contributed by atoms with Gasteiger partial charge in [0, 0.05) is 32.3 Å². The lowest BCUT2D eigenvalue weighted by molar-refractivity contribution is 0.0687. The van der Waals surface area contributed by atoms with Crippen LogP contribution >= 0.6 is 0 Å². The van der Waals surface area contributed by atoms with E-state index < -0.39 is 0 Å². The third-order valence-corrected chi connectivity index (χ3v) is 3.32. The van der Waals surface area contributed by atoms with Crippen molar-refractivity contribution in [3.63, 3.8) is 0 Å². The van der Waals surface area contributed by atoms with Gasteiger partial charge in [0.1, 0.15) is 0 Å². The lowest BCUT2D eigenvalue weighted by Gasteiger charge is -2.38. The largest absolute Gasteiger partial charge is 0.383 e. The van der Waals surface area contributed by atoms with Crippen LogP contribution in [0.25, 0.3) is 0 Å². The van der Waals surface area contributed by atoms with Crippen LogP contribution in [-0.2, 0) is 4.74 Å². The SMILES string of the molecule is CCC(C)N(CCOC)C(CNC)C(C)C. The van der Waals surface area contributed by atoms with Gasteiger partial charge in [-0.1, -0.05) is 20.8 Å². The summed E-state index contributed by atoms with van der Waals surface area (Å²) in [5.41, 5.74) is 0. The molecule has 0 aliphatic carbocycles. The molecule has 0 aromatic rings. The molecule has 0 aliphatic rings. The summed E-state index contributed by atoms with van der Waals surface area (Å²) in [6, 6.07) is 1.21. The maximum absolute atomic E-state index is 5.21. The van der Waals surface area contributed by atoms with Crippen molar-refractivity contribution in [2.24, 2.45) is 5.92 Å². The number of likely N-dealkylation sites (N-methyl/N-ethyl adjacent to an activating group) is 1. The van der Waals surface area contributed by atoms with Gasteiger partial charge in [0.25, 0.3) is 0 Å². The molecule has 0 aromatic heterocycles. The molecule has 0 heterocycles. The molecular weight excluding hydrogens is 200 g/mol. The van der Waals surface area contributed by atoms with Crippen molar-refractivity contribution in [2.45, 2.75) is 46.2 Å². The summed E-state index contributed by atoms with van der Waals surface area (Å²) in [5.74, 6) is 0.665. The van der Waals surface area contributed by atoms with Crippen molar-refractivity contribution in [1.29, 1.82) is 0 Å². The van der Waals surface area contributed by atoms with Gasteiger partial charge in [-0.05, 0) is 26.3 Å². The molecule has 0 spiro atoms. The van der Waals surface area contributed by atoms with Crippen LogP contribution < -0.4 is 5.32 Å². The van der Waals surface area contributed by atoms with Gasteiger partial charge in [0.05, 0.1) is 6.61 Å². The molecule has 3 nitrogen and oxygen atoms in total. The molecule has 0 amide bonds. The minimum atomic E-state index is 0.593. The van der Waals surface area contributed by atoms with E-state index in [1.807, 2.05) is 7.05 Å². The average Bonchev–Trinajstić information content (AvgIpc) is 2.27. The Hall–Kier alpha value is -0.120. The fourth-order valence-electron chi connectivity index (χ4n) is 2.09. The Balaban J connectivity index is 4.52. The smallest absolute Gasteiger partial charge is 0.0589 e. The van der Waals surface area contributed by atoms with Crippen molar-refractivity contribution in [3.8, 4) is 0 Å². The van der Waals surface area contributed by atoms with Crippen LogP contribution in [0.15, 0.2) is 0 Å². The summed E-state index contributed by atoms with van der Waals surface area (Å²) >= 11 is 0. The highest BCUT2D eigenvalue weighted by molar-refractivity contribution is 4.80. The minimum Gasteiger partial charge on any atom is -0.383 e. The van der Waals surface area contributed by atoms with E-state index in [-0.39, 0.29) is 0 Å². The normalized spacial score (nSPS) is 15.8. The second kappa shape index (κ2) is 8.97. The highest BCUT2D eigenvalue weighted by Crippen LogP contribution is 2.15. The number of rotatable bonds is 9. The van der Waals surface area contributed by atoms with E-state index in [9.17, 15) is 0 Å². The quantitative estimate of drug-likeness (QED) is 0.655. The summed E-state index contributed by atoms with van der Waals surface area (Å²) < 4.78 is 5.21. The summed E-state index contributed by atoms with van der Waals surface area (Å²) in [6.45, 7) is 12.0. The summed E-state index contributed by atoms with van der Waals surface area (Å²) in [5, 5.41) is 3.30. The average molecular weight is 230 g/mol. The fraction of sp³-hybridized carbons (Fsp3) is 1.00. The maximum atomic E-state index is 5.21. The Morgan fingerprint density at radius 1 is 1.25 bits per heavy atom. The molecule has 0 fully saturated rings. The van der Waals surface area contributed by atoms with Crippen LogP contribution in [0.4, 0.5) is 0 Å². The van der Waals surface area contributed by atoms with E-state index in [4.69, 9.17) is 4.74 Å². The van der Waals surface area contributed by atoms with E-state index in [1.165, 1.54) is 6.42 Å². The van der Waals surface area contributed by atoms with Crippen molar-refractivity contribution in [3.05, 3.63) is 0 Å². The zero-order valence-electron chi connectivity index (χ0n) is 11.9. The molecule has 98 valence electrons. The van der Waals surface area contributed by atoms with E-state index in [1.54, 1.807) is 7.11 Å². The molecular formula is C13H30N2O.